The number of hydrogen-bond acceptors (Lipinski definition) is 4. The molecule has 1 aliphatic rings. The third-order valence-electron chi connectivity index (χ3n) is 3.08. The molecule has 19 heavy (non-hydrogen) atoms. The van der Waals surface area contributed by atoms with Gasteiger partial charge in [-0.05, 0) is 12.1 Å². The van der Waals surface area contributed by atoms with Crippen molar-refractivity contribution in [3.63, 3.8) is 0 Å². The van der Waals surface area contributed by atoms with Gasteiger partial charge in [0.15, 0.2) is 0 Å². The highest BCUT2D eigenvalue weighted by molar-refractivity contribution is 5.47. The highest BCUT2D eigenvalue weighted by Gasteiger charge is 2.15. The minimum atomic E-state index is -0.396. The SMILES string of the molecule is O=[N+]([O-])c1ccc2c(c1)CNCc1ccccc1O2. The van der Waals surface area contributed by atoms with Crippen LogP contribution in [0.1, 0.15) is 11.1 Å². The summed E-state index contributed by atoms with van der Waals surface area (Å²) in [5.41, 5.74) is 1.95. The highest BCUT2D eigenvalue weighted by Crippen LogP contribution is 2.32. The Morgan fingerprint density at radius 3 is 2.63 bits per heavy atom. The minimum Gasteiger partial charge on any atom is -0.457 e. The number of rotatable bonds is 1. The molecule has 0 spiro atoms. The van der Waals surface area contributed by atoms with E-state index in [1.54, 1.807) is 12.1 Å². The average Bonchev–Trinajstić information content (AvgIpc) is 2.38. The molecule has 0 saturated carbocycles. The molecule has 0 saturated heterocycles. The van der Waals surface area contributed by atoms with Crippen molar-refractivity contribution in [2.24, 2.45) is 0 Å². The van der Waals surface area contributed by atoms with Gasteiger partial charge >= 0.3 is 0 Å². The summed E-state index contributed by atoms with van der Waals surface area (Å²) in [4.78, 5) is 10.4. The van der Waals surface area contributed by atoms with E-state index in [-0.39, 0.29) is 5.69 Å². The molecule has 5 nitrogen and oxygen atoms in total. The predicted molar refractivity (Wildman–Crippen MR) is 70.2 cm³/mol. The van der Waals surface area contributed by atoms with Crippen LogP contribution in [0.5, 0.6) is 11.5 Å². The molecule has 0 unspecified atom stereocenters. The standard InChI is InChI=1S/C14H12N2O3/c17-16(18)12-5-6-14-11(7-12)9-15-8-10-3-1-2-4-13(10)19-14/h1-7,15H,8-9H2. The fourth-order valence-electron chi connectivity index (χ4n) is 2.12. The van der Waals surface area contributed by atoms with Crippen LogP contribution in [-0.4, -0.2) is 4.92 Å². The van der Waals surface area contributed by atoms with E-state index >= 15 is 0 Å². The molecule has 0 radical (unpaired) electrons. The zero-order chi connectivity index (χ0) is 13.2. The second-order valence-electron chi connectivity index (χ2n) is 4.36. The summed E-state index contributed by atoms with van der Waals surface area (Å²) >= 11 is 0. The summed E-state index contributed by atoms with van der Waals surface area (Å²) < 4.78 is 5.85. The van der Waals surface area contributed by atoms with Crippen molar-refractivity contribution >= 4 is 5.69 Å². The molecule has 0 amide bonds. The van der Waals surface area contributed by atoms with E-state index in [1.165, 1.54) is 6.07 Å². The fraction of sp³-hybridized carbons (Fsp3) is 0.143. The molecular formula is C14H12N2O3. The monoisotopic (exact) mass is 256 g/mol. The van der Waals surface area contributed by atoms with Gasteiger partial charge in [-0.25, -0.2) is 0 Å². The van der Waals surface area contributed by atoms with Gasteiger partial charge in [0.1, 0.15) is 11.5 Å². The number of hydrogen-bond donors (Lipinski definition) is 1. The number of nitro benzene ring substituents is 1. The molecule has 1 heterocycles. The second-order valence-corrected chi connectivity index (χ2v) is 4.36. The van der Waals surface area contributed by atoms with Crippen molar-refractivity contribution in [3.8, 4) is 11.5 Å². The van der Waals surface area contributed by atoms with Crippen LogP contribution in [0.3, 0.4) is 0 Å². The lowest BCUT2D eigenvalue weighted by Gasteiger charge is -2.18. The van der Waals surface area contributed by atoms with Crippen molar-refractivity contribution < 1.29 is 9.66 Å². The highest BCUT2D eigenvalue weighted by atomic mass is 16.6. The first-order valence-electron chi connectivity index (χ1n) is 5.98. The van der Waals surface area contributed by atoms with Crippen molar-refractivity contribution in [2.75, 3.05) is 0 Å². The van der Waals surface area contributed by atoms with Crippen LogP contribution in [0.25, 0.3) is 0 Å². The molecule has 0 aliphatic carbocycles. The number of fused-ring (bicyclic) bond motifs is 2. The molecule has 2 aromatic carbocycles. The third-order valence-corrected chi connectivity index (χ3v) is 3.08. The summed E-state index contributed by atoms with van der Waals surface area (Å²) in [5, 5.41) is 14.0. The number of nitrogens with one attached hydrogen (secondary N) is 1. The maximum atomic E-state index is 10.8. The summed E-state index contributed by atoms with van der Waals surface area (Å²) in [6, 6.07) is 12.4. The number of para-hydroxylation sites is 1. The topological polar surface area (TPSA) is 64.4 Å². The van der Waals surface area contributed by atoms with Gasteiger partial charge in [-0.15, -0.1) is 0 Å². The zero-order valence-corrected chi connectivity index (χ0v) is 10.1. The normalized spacial score (nSPS) is 13.5. The third kappa shape index (κ3) is 2.28. The first-order chi connectivity index (χ1) is 9.24. The Labute approximate surface area is 110 Å². The summed E-state index contributed by atoms with van der Waals surface area (Å²) in [5.74, 6) is 1.44. The van der Waals surface area contributed by atoms with Crippen LogP contribution in [-0.2, 0) is 13.1 Å². The van der Waals surface area contributed by atoms with Crippen LogP contribution in [0.2, 0.25) is 0 Å². The van der Waals surface area contributed by atoms with Gasteiger partial charge in [-0.1, -0.05) is 18.2 Å². The lowest BCUT2D eigenvalue weighted by atomic mass is 10.1. The minimum absolute atomic E-state index is 0.0815. The largest absolute Gasteiger partial charge is 0.457 e. The molecule has 0 atom stereocenters. The number of benzene rings is 2. The Morgan fingerprint density at radius 1 is 1.05 bits per heavy atom. The van der Waals surface area contributed by atoms with Gasteiger partial charge in [-0.3, -0.25) is 10.1 Å². The van der Waals surface area contributed by atoms with Gasteiger partial charge in [0.05, 0.1) is 4.92 Å². The Morgan fingerprint density at radius 2 is 1.79 bits per heavy atom. The van der Waals surface area contributed by atoms with Crippen LogP contribution >= 0.6 is 0 Å². The maximum Gasteiger partial charge on any atom is 0.270 e. The van der Waals surface area contributed by atoms with Crippen LogP contribution < -0.4 is 10.1 Å². The van der Waals surface area contributed by atoms with Gasteiger partial charge in [0.2, 0.25) is 0 Å². The number of nitro groups is 1. The summed E-state index contributed by atoms with van der Waals surface area (Å²) in [6.07, 6.45) is 0. The Hall–Kier alpha value is -2.40. The lowest BCUT2D eigenvalue weighted by Crippen LogP contribution is -2.16. The van der Waals surface area contributed by atoms with E-state index in [0.717, 1.165) is 16.9 Å². The van der Waals surface area contributed by atoms with E-state index in [0.29, 0.717) is 18.8 Å². The van der Waals surface area contributed by atoms with Crippen LogP contribution in [0.4, 0.5) is 5.69 Å². The smallest absolute Gasteiger partial charge is 0.270 e. The quantitative estimate of drug-likeness (QED) is 0.629. The molecule has 96 valence electrons. The van der Waals surface area contributed by atoms with Gasteiger partial charge < -0.3 is 10.1 Å². The molecule has 2 aromatic rings. The molecule has 0 fully saturated rings. The van der Waals surface area contributed by atoms with Crippen LogP contribution in [0.15, 0.2) is 42.5 Å². The summed E-state index contributed by atoms with van der Waals surface area (Å²) in [6.45, 7) is 1.23. The first-order valence-corrected chi connectivity index (χ1v) is 5.98. The number of non-ortho nitro benzene ring substituents is 1. The number of nitrogens with zero attached hydrogens (tertiary/aromatic N) is 1. The van der Waals surface area contributed by atoms with Crippen molar-refractivity contribution in [2.45, 2.75) is 13.1 Å². The Bertz CT molecular complexity index is 640. The average molecular weight is 256 g/mol. The zero-order valence-electron chi connectivity index (χ0n) is 10.1. The molecule has 1 N–H and O–H groups in total. The van der Waals surface area contributed by atoms with Crippen molar-refractivity contribution in [3.05, 3.63) is 63.7 Å². The fourth-order valence-corrected chi connectivity index (χ4v) is 2.12. The second kappa shape index (κ2) is 4.70. The van der Waals surface area contributed by atoms with Gasteiger partial charge in [0.25, 0.3) is 5.69 Å². The molecular weight excluding hydrogens is 244 g/mol. The Balaban J connectivity index is 2.03. The molecule has 1 aliphatic heterocycles. The predicted octanol–water partition coefficient (Wildman–Crippen LogP) is 2.99. The van der Waals surface area contributed by atoms with Gasteiger partial charge in [-0.2, -0.15) is 0 Å². The molecule has 3 rings (SSSR count). The molecule has 0 aromatic heterocycles. The summed E-state index contributed by atoms with van der Waals surface area (Å²) in [7, 11) is 0. The first kappa shape index (κ1) is 11.7. The Kier molecular flexibility index (Phi) is 2.89. The maximum absolute atomic E-state index is 10.8. The molecule has 5 heteroatoms. The van der Waals surface area contributed by atoms with Crippen molar-refractivity contribution in [1.82, 2.24) is 5.32 Å². The lowest BCUT2D eigenvalue weighted by molar-refractivity contribution is -0.384. The van der Waals surface area contributed by atoms with Gasteiger partial charge in [0, 0.05) is 36.3 Å². The van der Waals surface area contributed by atoms with E-state index < -0.39 is 4.92 Å². The van der Waals surface area contributed by atoms with E-state index in [1.807, 2.05) is 24.3 Å². The number of ether oxygens (including phenoxy) is 1. The van der Waals surface area contributed by atoms with E-state index in [9.17, 15) is 10.1 Å². The van der Waals surface area contributed by atoms with E-state index in [4.69, 9.17) is 4.74 Å². The van der Waals surface area contributed by atoms with Crippen molar-refractivity contribution in [1.29, 1.82) is 0 Å². The van der Waals surface area contributed by atoms with E-state index in [2.05, 4.69) is 5.32 Å². The van der Waals surface area contributed by atoms with Crippen LogP contribution in [0, 0.1) is 10.1 Å². The molecule has 0 bridgehead atoms.